The molecule has 0 aliphatic heterocycles. The fourth-order valence-corrected chi connectivity index (χ4v) is 2.00. The molecular weight excluding hydrogens is 279 g/mol. The molecule has 0 saturated heterocycles. The van der Waals surface area contributed by atoms with E-state index in [1.54, 1.807) is 24.3 Å². The highest BCUT2D eigenvalue weighted by Gasteiger charge is 2.30. The molecule has 2 N–H and O–H groups in total. The number of hydrogen-bond donors (Lipinski definition) is 1. The zero-order valence-corrected chi connectivity index (χ0v) is 11.1. The van der Waals surface area contributed by atoms with Crippen molar-refractivity contribution >= 4 is 5.78 Å². The van der Waals surface area contributed by atoms with Gasteiger partial charge in [-0.1, -0.05) is 42.5 Å². The SMILES string of the molecule is NC(CC(=O)c1cccc(C(F)(F)F)c1)c1ccccc1. The maximum atomic E-state index is 12.6. The van der Waals surface area contributed by atoms with Gasteiger partial charge in [0.1, 0.15) is 0 Å². The largest absolute Gasteiger partial charge is 0.416 e. The van der Waals surface area contributed by atoms with Crippen molar-refractivity contribution in [2.75, 3.05) is 0 Å². The lowest BCUT2D eigenvalue weighted by Gasteiger charge is -2.12. The summed E-state index contributed by atoms with van der Waals surface area (Å²) in [5, 5.41) is 0. The van der Waals surface area contributed by atoms with E-state index in [-0.39, 0.29) is 12.0 Å². The van der Waals surface area contributed by atoms with Crippen LogP contribution in [0.1, 0.15) is 33.9 Å². The van der Waals surface area contributed by atoms with Gasteiger partial charge in [-0.2, -0.15) is 13.2 Å². The van der Waals surface area contributed by atoms with Crippen molar-refractivity contribution in [1.82, 2.24) is 0 Å². The Hall–Kier alpha value is -2.14. The smallest absolute Gasteiger partial charge is 0.324 e. The van der Waals surface area contributed by atoms with Crippen molar-refractivity contribution in [1.29, 1.82) is 0 Å². The van der Waals surface area contributed by atoms with Crippen molar-refractivity contribution in [3.63, 3.8) is 0 Å². The van der Waals surface area contributed by atoms with E-state index < -0.39 is 23.6 Å². The van der Waals surface area contributed by atoms with E-state index in [1.807, 2.05) is 6.07 Å². The summed E-state index contributed by atoms with van der Waals surface area (Å²) in [4.78, 5) is 12.1. The molecule has 0 heterocycles. The lowest BCUT2D eigenvalue weighted by atomic mass is 9.98. The molecular formula is C16H14F3NO. The molecule has 0 fully saturated rings. The van der Waals surface area contributed by atoms with Crippen LogP contribution in [0.4, 0.5) is 13.2 Å². The van der Waals surface area contributed by atoms with Gasteiger partial charge in [0.2, 0.25) is 0 Å². The van der Waals surface area contributed by atoms with Gasteiger partial charge in [0.15, 0.2) is 5.78 Å². The second-order valence-electron chi connectivity index (χ2n) is 4.72. The summed E-state index contributed by atoms with van der Waals surface area (Å²) in [6.07, 6.45) is -4.50. The molecule has 0 saturated carbocycles. The molecule has 1 unspecified atom stereocenters. The summed E-state index contributed by atoms with van der Waals surface area (Å²) in [5.41, 5.74) is 5.88. The average molecular weight is 293 g/mol. The summed E-state index contributed by atoms with van der Waals surface area (Å²) < 4.78 is 37.9. The van der Waals surface area contributed by atoms with Crippen molar-refractivity contribution in [2.24, 2.45) is 5.73 Å². The van der Waals surface area contributed by atoms with Crippen LogP contribution in [-0.2, 0) is 6.18 Å². The van der Waals surface area contributed by atoms with Gasteiger partial charge in [0.25, 0.3) is 0 Å². The first-order valence-corrected chi connectivity index (χ1v) is 6.39. The lowest BCUT2D eigenvalue weighted by molar-refractivity contribution is -0.137. The minimum absolute atomic E-state index is 0.0243. The highest BCUT2D eigenvalue weighted by Crippen LogP contribution is 2.30. The fourth-order valence-electron chi connectivity index (χ4n) is 2.00. The van der Waals surface area contributed by atoms with E-state index in [4.69, 9.17) is 5.73 Å². The van der Waals surface area contributed by atoms with Crippen molar-refractivity contribution in [3.8, 4) is 0 Å². The number of Topliss-reactive ketones (excluding diaryl/α,β-unsaturated/α-hetero) is 1. The highest BCUT2D eigenvalue weighted by atomic mass is 19.4. The van der Waals surface area contributed by atoms with Crippen LogP contribution in [0, 0.1) is 0 Å². The van der Waals surface area contributed by atoms with E-state index in [2.05, 4.69) is 0 Å². The second-order valence-corrected chi connectivity index (χ2v) is 4.72. The molecule has 1 atom stereocenters. The Morgan fingerprint density at radius 1 is 1.05 bits per heavy atom. The number of nitrogens with two attached hydrogens (primary N) is 1. The fraction of sp³-hybridized carbons (Fsp3) is 0.188. The third-order valence-corrected chi connectivity index (χ3v) is 3.14. The summed E-state index contributed by atoms with van der Waals surface area (Å²) >= 11 is 0. The van der Waals surface area contributed by atoms with Gasteiger partial charge in [-0.3, -0.25) is 4.79 Å². The predicted molar refractivity (Wildman–Crippen MR) is 73.8 cm³/mol. The Balaban J connectivity index is 2.14. The normalized spacial score (nSPS) is 13.0. The maximum absolute atomic E-state index is 12.6. The van der Waals surface area contributed by atoms with Gasteiger partial charge in [-0.15, -0.1) is 0 Å². The van der Waals surface area contributed by atoms with Gasteiger partial charge in [0, 0.05) is 18.0 Å². The minimum atomic E-state index is -4.46. The minimum Gasteiger partial charge on any atom is -0.324 e. The number of alkyl halides is 3. The molecule has 0 bridgehead atoms. The molecule has 0 aliphatic carbocycles. The van der Waals surface area contributed by atoms with E-state index in [1.165, 1.54) is 12.1 Å². The van der Waals surface area contributed by atoms with E-state index >= 15 is 0 Å². The maximum Gasteiger partial charge on any atom is 0.416 e. The molecule has 2 aromatic rings. The van der Waals surface area contributed by atoms with Gasteiger partial charge < -0.3 is 5.73 Å². The molecule has 21 heavy (non-hydrogen) atoms. The Labute approximate surface area is 120 Å². The third kappa shape index (κ3) is 3.92. The van der Waals surface area contributed by atoms with Gasteiger partial charge in [0.05, 0.1) is 5.56 Å². The average Bonchev–Trinajstić information content (AvgIpc) is 2.47. The predicted octanol–water partition coefficient (Wildman–Crippen LogP) is 3.98. The molecule has 0 aromatic heterocycles. The number of carbonyl (C=O) groups excluding carboxylic acids is 1. The van der Waals surface area contributed by atoms with Crippen LogP contribution in [0.5, 0.6) is 0 Å². The van der Waals surface area contributed by atoms with Crippen LogP contribution in [0.15, 0.2) is 54.6 Å². The summed E-state index contributed by atoms with van der Waals surface area (Å²) in [6.45, 7) is 0. The summed E-state index contributed by atoms with van der Waals surface area (Å²) in [6, 6.07) is 12.8. The molecule has 0 aliphatic rings. The van der Waals surface area contributed by atoms with E-state index in [0.29, 0.717) is 0 Å². The van der Waals surface area contributed by atoms with Crippen molar-refractivity contribution in [3.05, 3.63) is 71.3 Å². The molecule has 110 valence electrons. The summed E-state index contributed by atoms with van der Waals surface area (Å²) in [7, 11) is 0. The monoisotopic (exact) mass is 293 g/mol. The zero-order chi connectivity index (χ0) is 15.5. The van der Waals surface area contributed by atoms with Crippen LogP contribution in [0.25, 0.3) is 0 Å². The molecule has 0 radical (unpaired) electrons. The topological polar surface area (TPSA) is 43.1 Å². The number of benzene rings is 2. The first-order valence-electron chi connectivity index (χ1n) is 6.39. The number of ketones is 1. The molecule has 5 heteroatoms. The zero-order valence-electron chi connectivity index (χ0n) is 11.1. The first-order chi connectivity index (χ1) is 9.88. The third-order valence-electron chi connectivity index (χ3n) is 3.14. The first kappa shape index (κ1) is 15.3. The number of carbonyl (C=O) groups is 1. The lowest BCUT2D eigenvalue weighted by Crippen LogP contribution is -2.16. The highest BCUT2D eigenvalue weighted by molar-refractivity contribution is 5.96. The Kier molecular flexibility index (Phi) is 4.43. The van der Waals surface area contributed by atoms with E-state index in [9.17, 15) is 18.0 Å². The molecule has 2 rings (SSSR count). The van der Waals surface area contributed by atoms with Crippen molar-refractivity contribution < 1.29 is 18.0 Å². The second kappa shape index (κ2) is 6.10. The van der Waals surface area contributed by atoms with Crippen LogP contribution in [0.2, 0.25) is 0 Å². The standard InChI is InChI=1S/C16H14F3NO/c17-16(18,19)13-8-4-7-12(9-13)15(21)10-14(20)11-5-2-1-3-6-11/h1-9,14H,10,20H2. The molecule has 2 aromatic carbocycles. The Morgan fingerprint density at radius 2 is 1.71 bits per heavy atom. The van der Waals surface area contributed by atoms with E-state index in [0.717, 1.165) is 17.7 Å². The van der Waals surface area contributed by atoms with Crippen LogP contribution < -0.4 is 5.73 Å². The summed E-state index contributed by atoms with van der Waals surface area (Å²) in [5.74, 6) is -0.405. The van der Waals surface area contributed by atoms with Crippen LogP contribution >= 0.6 is 0 Å². The van der Waals surface area contributed by atoms with Gasteiger partial charge in [-0.05, 0) is 17.7 Å². The van der Waals surface area contributed by atoms with Crippen molar-refractivity contribution in [2.45, 2.75) is 18.6 Å². The number of hydrogen-bond acceptors (Lipinski definition) is 2. The Bertz CT molecular complexity index is 623. The molecule has 0 amide bonds. The quantitative estimate of drug-likeness (QED) is 0.866. The van der Waals surface area contributed by atoms with Crippen LogP contribution in [0.3, 0.4) is 0 Å². The van der Waals surface area contributed by atoms with Gasteiger partial charge in [-0.25, -0.2) is 0 Å². The number of halogens is 3. The molecule has 2 nitrogen and oxygen atoms in total. The van der Waals surface area contributed by atoms with Crippen LogP contribution in [-0.4, -0.2) is 5.78 Å². The number of rotatable bonds is 4. The Morgan fingerprint density at radius 3 is 2.33 bits per heavy atom. The molecule has 0 spiro atoms. The van der Waals surface area contributed by atoms with Gasteiger partial charge >= 0.3 is 6.18 Å².